The molecule has 0 spiro atoms. The molecule has 1 aliphatic heterocycles. The number of halogens is 1. The highest BCUT2D eigenvalue weighted by molar-refractivity contribution is 5.46. The molecule has 1 N–H and O–H groups in total. The van der Waals surface area contributed by atoms with Crippen molar-refractivity contribution in [1.29, 1.82) is 0 Å². The lowest BCUT2D eigenvalue weighted by molar-refractivity contribution is 0.333. The fourth-order valence-corrected chi connectivity index (χ4v) is 2.38. The lowest BCUT2D eigenvalue weighted by Gasteiger charge is -2.26. The second-order valence-corrected chi connectivity index (χ2v) is 4.56. The van der Waals surface area contributed by atoms with Gasteiger partial charge in [0.05, 0.1) is 14.2 Å². The molecule has 1 aromatic rings. The Hall–Kier alpha value is -1.29. The van der Waals surface area contributed by atoms with Gasteiger partial charge in [-0.25, -0.2) is 4.39 Å². The molecule has 0 radical (unpaired) electrons. The van der Waals surface area contributed by atoms with E-state index in [2.05, 4.69) is 12.2 Å². The van der Waals surface area contributed by atoms with Gasteiger partial charge in [-0.1, -0.05) is 0 Å². The number of nitrogens with one attached hydrogen (secondary N) is 1. The van der Waals surface area contributed by atoms with Crippen LogP contribution in [0.4, 0.5) is 4.39 Å². The lowest BCUT2D eigenvalue weighted by Crippen LogP contribution is -2.33. The smallest absolute Gasteiger partial charge is 0.196 e. The molecular weight excluding hydrogens is 221 g/mol. The fourth-order valence-electron chi connectivity index (χ4n) is 2.38. The third-order valence-electron chi connectivity index (χ3n) is 3.44. The van der Waals surface area contributed by atoms with Crippen LogP contribution in [0.5, 0.6) is 11.5 Å². The summed E-state index contributed by atoms with van der Waals surface area (Å²) in [5.74, 6) is 0.229. The van der Waals surface area contributed by atoms with E-state index in [-0.39, 0.29) is 17.1 Å². The number of benzene rings is 1. The molecular formula is C13H18FNO2. The van der Waals surface area contributed by atoms with E-state index >= 15 is 0 Å². The van der Waals surface area contributed by atoms with Crippen molar-refractivity contribution < 1.29 is 13.9 Å². The number of hydrogen-bond donors (Lipinski definition) is 1. The maximum atomic E-state index is 13.9. The summed E-state index contributed by atoms with van der Waals surface area (Å²) in [5, 5.41) is 3.40. The van der Waals surface area contributed by atoms with Crippen LogP contribution in [0.2, 0.25) is 0 Å². The third-order valence-corrected chi connectivity index (χ3v) is 3.44. The second kappa shape index (κ2) is 4.53. The van der Waals surface area contributed by atoms with Gasteiger partial charge in [0, 0.05) is 5.54 Å². The van der Waals surface area contributed by atoms with Gasteiger partial charge in [0.25, 0.3) is 0 Å². The third kappa shape index (κ3) is 2.09. The van der Waals surface area contributed by atoms with Gasteiger partial charge in [-0.2, -0.15) is 0 Å². The summed E-state index contributed by atoms with van der Waals surface area (Å²) in [6.07, 6.45) is 2.11. The van der Waals surface area contributed by atoms with Gasteiger partial charge in [-0.15, -0.1) is 0 Å². The Morgan fingerprint density at radius 3 is 2.59 bits per heavy atom. The van der Waals surface area contributed by atoms with E-state index in [1.165, 1.54) is 20.3 Å². The maximum Gasteiger partial charge on any atom is 0.196 e. The Kier molecular flexibility index (Phi) is 3.24. The maximum absolute atomic E-state index is 13.9. The first-order valence-corrected chi connectivity index (χ1v) is 5.78. The van der Waals surface area contributed by atoms with Gasteiger partial charge in [0.1, 0.15) is 0 Å². The highest BCUT2D eigenvalue weighted by atomic mass is 19.1. The molecule has 0 saturated carbocycles. The van der Waals surface area contributed by atoms with Gasteiger partial charge < -0.3 is 14.8 Å². The quantitative estimate of drug-likeness (QED) is 0.878. The number of methoxy groups -OCH3 is 2. The molecule has 1 fully saturated rings. The lowest BCUT2D eigenvalue weighted by atomic mass is 9.90. The van der Waals surface area contributed by atoms with Crippen LogP contribution in [0.1, 0.15) is 25.3 Å². The molecule has 1 atom stereocenters. The first-order valence-electron chi connectivity index (χ1n) is 5.78. The highest BCUT2D eigenvalue weighted by Gasteiger charge is 2.31. The predicted molar refractivity (Wildman–Crippen MR) is 64.1 cm³/mol. The molecule has 3 nitrogen and oxygen atoms in total. The first-order chi connectivity index (χ1) is 8.10. The predicted octanol–water partition coefficient (Wildman–Crippen LogP) is 2.44. The number of rotatable bonds is 3. The summed E-state index contributed by atoms with van der Waals surface area (Å²) in [7, 11) is 2.96. The summed E-state index contributed by atoms with van der Waals surface area (Å²) in [4.78, 5) is 0. The average Bonchev–Trinajstić information content (AvgIpc) is 2.76. The largest absolute Gasteiger partial charge is 0.493 e. The van der Waals surface area contributed by atoms with Crippen LogP contribution < -0.4 is 14.8 Å². The van der Waals surface area contributed by atoms with Crippen molar-refractivity contribution in [3.63, 3.8) is 0 Å². The zero-order valence-corrected chi connectivity index (χ0v) is 10.5. The zero-order chi connectivity index (χ0) is 12.5. The van der Waals surface area contributed by atoms with Gasteiger partial charge >= 0.3 is 0 Å². The van der Waals surface area contributed by atoms with Crippen LogP contribution >= 0.6 is 0 Å². The summed E-state index contributed by atoms with van der Waals surface area (Å²) in [5.41, 5.74) is 0.741. The molecule has 1 aromatic carbocycles. The summed E-state index contributed by atoms with van der Waals surface area (Å²) in [6.45, 7) is 3.05. The van der Waals surface area contributed by atoms with Crippen molar-refractivity contribution in [2.45, 2.75) is 25.3 Å². The molecule has 94 valence electrons. The van der Waals surface area contributed by atoms with Crippen LogP contribution in [0, 0.1) is 5.82 Å². The Bertz CT molecular complexity index is 414. The second-order valence-electron chi connectivity index (χ2n) is 4.56. The molecule has 0 aromatic heterocycles. The molecule has 2 rings (SSSR count). The topological polar surface area (TPSA) is 30.5 Å². The normalized spacial score (nSPS) is 23.8. The zero-order valence-electron chi connectivity index (χ0n) is 10.5. The van der Waals surface area contributed by atoms with Gasteiger partial charge in [0.15, 0.2) is 17.3 Å². The fraction of sp³-hybridized carbons (Fsp3) is 0.538. The molecule has 0 amide bonds. The molecule has 4 heteroatoms. The van der Waals surface area contributed by atoms with Crippen LogP contribution in [0.25, 0.3) is 0 Å². The first kappa shape index (κ1) is 12.2. The minimum atomic E-state index is -0.378. The molecule has 1 heterocycles. The van der Waals surface area contributed by atoms with Gasteiger partial charge in [-0.3, -0.25) is 0 Å². The van der Waals surface area contributed by atoms with Crippen molar-refractivity contribution >= 4 is 0 Å². The van der Waals surface area contributed by atoms with E-state index in [1.807, 2.05) is 6.07 Å². The van der Waals surface area contributed by atoms with E-state index in [9.17, 15) is 4.39 Å². The average molecular weight is 239 g/mol. The highest BCUT2D eigenvalue weighted by Crippen LogP contribution is 2.38. The van der Waals surface area contributed by atoms with E-state index in [0.29, 0.717) is 5.75 Å². The molecule has 17 heavy (non-hydrogen) atoms. The number of ether oxygens (including phenoxy) is 2. The Labute approximate surface area is 101 Å². The van der Waals surface area contributed by atoms with E-state index in [4.69, 9.17) is 9.47 Å². The molecule has 1 unspecified atom stereocenters. The van der Waals surface area contributed by atoms with E-state index < -0.39 is 0 Å². The molecule has 0 aliphatic carbocycles. The van der Waals surface area contributed by atoms with Crippen LogP contribution in [0.15, 0.2) is 12.1 Å². The monoisotopic (exact) mass is 239 g/mol. The number of hydrogen-bond acceptors (Lipinski definition) is 3. The van der Waals surface area contributed by atoms with Crippen LogP contribution in [0.3, 0.4) is 0 Å². The standard InChI is InChI=1S/C13H18FNO2/c1-13(5-4-6-15-13)9-7-10(14)12(17-3)11(8-9)16-2/h7-8,15H,4-6H2,1-3H3. The van der Waals surface area contributed by atoms with Crippen molar-refractivity contribution in [1.82, 2.24) is 5.32 Å². The Morgan fingerprint density at radius 1 is 1.29 bits per heavy atom. The minimum Gasteiger partial charge on any atom is -0.493 e. The van der Waals surface area contributed by atoms with Crippen molar-refractivity contribution in [2.75, 3.05) is 20.8 Å². The van der Waals surface area contributed by atoms with Crippen LogP contribution in [-0.2, 0) is 5.54 Å². The molecule has 0 bridgehead atoms. The van der Waals surface area contributed by atoms with E-state index in [0.717, 1.165) is 24.9 Å². The van der Waals surface area contributed by atoms with Gasteiger partial charge in [-0.05, 0) is 44.0 Å². The minimum absolute atomic E-state index is 0.165. The molecule has 1 saturated heterocycles. The Morgan fingerprint density at radius 2 is 2.06 bits per heavy atom. The summed E-state index contributed by atoms with van der Waals surface area (Å²) in [6, 6.07) is 3.37. The van der Waals surface area contributed by atoms with E-state index in [1.54, 1.807) is 0 Å². The van der Waals surface area contributed by atoms with Crippen molar-refractivity contribution in [3.8, 4) is 11.5 Å². The summed E-state index contributed by atoms with van der Waals surface area (Å²) >= 11 is 0. The molecule has 1 aliphatic rings. The SMILES string of the molecule is COc1cc(C2(C)CCCN2)cc(F)c1OC. The summed E-state index contributed by atoms with van der Waals surface area (Å²) < 4.78 is 24.1. The van der Waals surface area contributed by atoms with Crippen molar-refractivity contribution in [2.24, 2.45) is 0 Å². The van der Waals surface area contributed by atoms with Crippen molar-refractivity contribution in [3.05, 3.63) is 23.5 Å². The van der Waals surface area contributed by atoms with Gasteiger partial charge in [0.2, 0.25) is 0 Å². The Balaban J connectivity index is 2.46. The van der Waals surface area contributed by atoms with Crippen LogP contribution in [-0.4, -0.2) is 20.8 Å².